The first kappa shape index (κ1) is 11.3. The first-order valence-electron chi connectivity index (χ1n) is 5.64. The standard InChI is InChI=1S/C14H22/c1-5-7-12(6-2)14-9-8-13(10-14)11(3)4/h5-7,11,13-14H,1-2,8-10H2,3-4H3/b12-7+/t13?,14-/m1/s1. The van der Waals surface area contributed by atoms with Gasteiger partial charge in [-0.25, -0.2) is 0 Å². The minimum Gasteiger partial charge on any atom is -0.0991 e. The molecular weight excluding hydrogens is 168 g/mol. The zero-order chi connectivity index (χ0) is 10.6. The van der Waals surface area contributed by atoms with Crippen LogP contribution in [0.3, 0.4) is 0 Å². The normalized spacial score (nSPS) is 28.1. The molecule has 0 aromatic heterocycles. The Labute approximate surface area is 88.4 Å². The Bertz CT molecular complexity index is 232. The molecule has 1 saturated carbocycles. The van der Waals surface area contributed by atoms with Gasteiger partial charge in [-0.2, -0.15) is 0 Å². The lowest BCUT2D eigenvalue weighted by Gasteiger charge is -2.15. The quantitative estimate of drug-likeness (QED) is 0.578. The van der Waals surface area contributed by atoms with Gasteiger partial charge in [0.15, 0.2) is 0 Å². The monoisotopic (exact) mass is 190 g/mol. The van der Waals surface area contributed by atoms with E-state index >= 15 is 0 Å². The molecule has 1 aliphatic carbocycles. The molecule has 14 heavy (non-hydrogen) atoms. The molecule has 78 valence electrons. The maximum Gasteiger partial charge on any atom is -0.0159 e. The van der Waals surface area contributed by atoms with Gasteiger partial charge in [-0.05, 0) is 42.6 Å². The van der Waals surface area contributed by atoms with E-state index in [9.17, 15) is 0 Å². The van der Waals surface area contributed by atoms with E-state index in [2.05, 4.69) is 33.1 Å². The fraction of sp³-hybridized carbons (Fsp3) is 0.571. The molecule has 1 aliphatic rings. The summed E-state index contributed by atoms with van der Waals surface area (Å²) >= 11 is 0. The van der Waals surface area contributed by atoms with Crippen molar-refractivity contribution in [1.29, 1.82) is 0 Å². The fourth-order valence-corrected chi connectivity index (χ4v) is 2.43. The molecule has 0 aromatic carbocycles. The van der Waals surface area contributed by atoms with Crippen molar-refractivity contribution in [2.45, 2.75) is 33.1 Å². The Morgan fingerprint density at radius 2 is 2.00 bits per heavy atom. The lowest BCUT2D eigenvalue weighted by Crippen LogP contribution is -2.04. The van der Waals surface area contributed by atoms with Gasteiger partial charge in [-0.15, -0.1) is 0 Å². The minimum atomic E-state index is 0.734. The van der Waals surface area contributed by atoms with Gasteiger partial charge in [0, 0.05) is 0 Å². The van der Waals surface area contributed by atoms with Gasteiger partial charge >= 0.3 is 0 Å². The lowest BCUT2D eigenvalue weighted by molar-refractivity contribution is 0.387. The molecule has 0 spiro atoms. The number of allylic oxidation sites excluding steroid dienone is 4. The average Bonchev–Trinajstić information content (AvgIpc) is 2.63. The first-order valence-corrected chi connectivity index (χ1v) is 5.64. The van der Waals surface area contributed by atoms with Crippen molar-refractivity contribution < 1.29 is 0 Å². The maximum atomic E-state index is 3.88. The molecule has 0 heteroatoms. The molecule has 0 bridgehead atoms. The highest BCUT2D eigenvalue weighted by Gasteiger charge is 2.27. The average molecular weight is 190 g/mol. The van der Waals surface area contributed by atoms with Crippen molar-refractivity contribution in [2.24, 2.45) is 17.8 Å². The predicted octanol–water partition coefficient (Wildman–Crippen LogP) is 4.36. The van der Waals surface area contributed by atoms with Crippen LogP contribution in [0, 0.1) is 17.8 Å². The lowest BCUT2D eigenvalue weighted by atomic mass is 9.91. The highest BCUT2D eigenvalue weighted by atomic mass is 14.3. The van der Waals surface area contributed by atoms with Crippen LogP contribution in [0.5, 0.6) is 0 Å². The highest BCUT2D eigenvalue weighted by molar-refractivity contribution is 5.24. The van der Waals surface area contributed by atoms with Crippen molar-refractivity contribution in [3.05, 3.63) is 37.0 Å². The molecule has 0 amide bonds. The second-order valence-corrected chi connectivity index (χ2v) is 4.62. The summed E-state index contributed by atoms with van der Waals surface area (Å²) in [6.07, 6.45) is 10.0. The third kappa shape index (κ3) is 2.60. The van der Waals surface area contributed by atoms with Crippen LogP contribution in [0.15, 0.2) is 37.0 Å². The molecule has 0 aromatic rings. The molecule has 1 unspecified atom stereocenters. The molecule has 0 N–H and O–H groups in total. The topological polar surface area (TPSA) is 0 Å². The van der Waals surface area contributed by atoms with E-state index in [-0.39, 0.29) is 0 Å². The molecule has 0 radical (unpaired) electrons. The zero-order valence-electron chi connectivity index (χ0n) is 9.50. The zero-order valence-corrected chi connectivity index (χ0v) is 9.50. The van der Waals surface area contributed by atoms with Crippen LogP contribution in [-0.4, -0.2) is 0 Å². The van der Waals surface area contributed by atoms with Crippen molar-refractivity contribution in [3.8, 4) is 0 Å². The van der Waals surface area contributed by atoms with Crippen LogP contribution in [0.25, 0.3) is 0 Å². The van der Waals surface area contributed by atoms with Gasteiger partial charge in [0.25, 0.3) is 0 Å². The van der Waals surface area contributed by atoms with Gasteiger partial charge in [-0.1, -0.05) is 45.2 Å². The second kappa shape index (κ2) is 5.19. The number of rotatable bonds is 4. The molecule has 1 fully saturated rings. The first-order chi connectivity index (χ1) is 6.69. The highest BCUT2D eigenvalue weighted by Crippen LogP contribution is 2.39. The molecule has 1 rings (SSSR count). The van der Waals surface area contributed by atoms with Gasteiger partial charge < -0.3 is 0 Å². The van der Waals surface area contributed by atoms with E-state index in [4.69, 9.17) is 0 Å². The third-order valence-corrected chi connectivity index (χ3v) is 3.43. The maximum absolute atomic E-state index is 3.88. The fourth-order valence-electron chi connectivity index (χ4n) is 2.43. The van der Waals surface area contributed by atoms with Gasteiger partial charge in [0.05, 0.1) is 0 Å². The van der Waals surface area contributed by atoms with Gasteiger partial charge in [0.1, 0.15) is 0 Å². The summed E-state index contributed by atoms with van der Waals surface area (Å²) in [6.45, 7) is 12.3. The van der Waals surface area contributed by atoms with Crippen LogP contribution in [0.4, 0.5) is 0 Å². The molecule has 0 heterocycles. The molecule has 0 aliphatic heterocycles. The SMILES string of the molecule is C=C/C=C(\C=C)[C@@H]1CCC(C(C)C)C1. The van der Waals surface area contributed by atoms with Crippen molar-refractivity contribution in [2.75, 3.05) is 0 Å². The smallest absolute Gasteiger partial charge is 0.0159 e. The summed E-state index contributed by atoms with van der Waals surface area (Å²) in [4.78, 5) is 0. The van der Waals surface area contributed by atoms with E-state index in [0.29, 0.717) is 0 Å². The Morgan fingerprint density at radius 1 is 1.29 bits per heavy atom. The summed E-state index contributed by atoms with van der Waals surface area (Å²) in [6, 6.07) is 0. The molecule has 0 saturated heterocycles. The van der Waals surface area contributed by atoms with Crippen LogP contribution in [-0.2, 0) is 0 Å². The van der Waals surface area contributed by atoms with Crippen LogP contribution < -0.4 is 0 Å². The number of hydrogen-bond acceptors (Lipinski definition) is 0. The van der Waals surface area contributed by atoms with Crippen LogP contribution in [0.1, 0.15) is 33.1 Å². The number of hydrogen-bond donors (Lipinski definition) is 0. The molecule has 0 nitrogen and oxygen atoms in total. The van der Waals surface area contributed by atoms with Gasteiger partial charge in [-0.3, -0.25) is 0 Å². The summed E-state index contributed by atoms with van der Waals surface area (Å²) < 4.78 is 0. The van der Waals surface area contributed by atoms with Crippen LogP contribution in [0.2, 0.25) is 0 Å². The Balaban J connectivity index is 2.60. The summed E-state index contributed by atoms with van der Waals surface area (Å²) in [5.74, 6) is 2.47. The Hall–Kier alpha value is -0.780. The predicted molar refractivity (Wildman–Crippen MR) is 64.1 cm³/mol. The van der Waals surface area contributed by atoms with E-state index in [1.165, 1.54) is 24.8 Å². The van der Waals surface area contributed by atoms with E-state index in [1.54, 1.807) is 0 Å². The third-order valence-electron chi connectivity index (χ3n) is 3.43. The van der Waals surface area contributed by atoms with Crippen molar-refractivity contribution >= 4 is 0 Å². The summed E-state index contributed by atoms with van der Waals surface area (Å²) in [7, 11) is 0. The van der Waals surface area contributed by atoms with Crippen molar-refractivity contribution in [3.63, 3.8) is 0 Å². The van der Waals surface area contributed by atoms with Gasteiger partial charge in [0.2, 0.25) is 0 Å². The summed E-state index contributed by atoms with van der Waals surface area (Å²) in [5.41, 5.74) is 1.38. The second-order valence-electron chi connectivity index (χ2n) is 4.62. The largest absolute Gasteiger partial charge is 0.0991 e. The van der Waals surface area contributed by atoms with Crippen LogP contribution >= 0.6 is 0 Å². The van der Waals surface area contributed by atoms with Crippen molar-refractivity contribution in [1.82, 2.24) is 0 Å². The minimum absolute atomic E-state index is 0.734. The molecule has 2 atom stereocenters. The Kier molecular flexibility index (Phi) is 4.19. The van der Waals surface area contributed by atoms with E-state index in [1.807, 2.05) is 12.2 Å². The van der Waals surface area contributed by atoms with E-state index in [0.717, 1.165) is 17.8 Å². The molecular formula is C14H22. The summed E-state index contributed by atoms with van der Waals surface area (Å²) in [5, 5.41) is 0. The Morgan fingerprint density at radius 3 is 2.43 bits per heavy atom. The van der Waals surface area contributed by atoms with E-state index < -0.39 is 0 Å².